The van der Waals surface area contributed by atoms with Crippen LogP contribution in [0.3, 0.4) is 0 Å². The first kappa shape index (κ1) is 26.4. The second-order valence-corrected chi connectivity index (χ2v) is 9.53. The van der Waals surface area contributed by atoms with E-state index >= 15 is 0 Å². The van der Waals surface area contributed by atoms with Crippen LogP contribution in [0.5, 0.6) is 0 Å². The lowest BCUT2D eigenvalue weighted by molar-refractivity contribution is -0.114. The number of rotatable bonds is 9. The molecule has 6 nitrogen and oxygen atoms in total. The van der Waals surface area contributed by atoms with Crippen molar-refractivity contribution >= 4 is 46.9 Å². The molecule has 0 radical (unpaired) electrons. The third-order valence-electron chi connectivity index (χ3n) is 5.40. The molecule has 0 aliphatic heterocycles. The molecule has 38 heavy (non-hydrogen) atoms. The zero-order valence-electron chi connectivity index (χ0n) is 20.8. The highest BCUT2D eigenvalue weighted by Crippen LogP contribution is 2.22. The Balaban J connectivity index is 1.46. The number of benzene rings is 4. The average Bonchev–Trinajstić information content (AvgIpc) is 2.93. The Bertz CT molecular complexity index is 1450. The molecule has 0 bridgehead atoms. The second-order valence-electron chi connectivity index (χ2n) is 8.48. The quantitative estimate of drug-likeness (QED) is 0.183. The maximum atomic E-state index is 13.3. The van der Waals surface area contributed by atoms with Gasteiger partial charge >= 0.3 is 0 Å². The first-order chi connectivity index (χ1) is 18.5. The van der Waals surface area contributed by atoms with Crippen molar-refractivity contribution in [1.29, 1.82) is 0 Å². The topological polar surface area (TPSA) is 87.3 Å². The average molecular weight is 522 g/mol. The highest BCUT2D eigenvalue weighted by molar-refractivity contribution is 8.00. The van der Waals surface area contributed by atoms with Gasteiger partial charge in [-0.15, -0.1) is 11.8 Å². The van der Waals surface area contributed by atoms with Crippen LogP contribution in [0, 0.1) is 6.92 Å². The largest absolute Gasteiger partial charge is 0.325 e. The van der Waals surface area contributed by atoms with Crippen molar-refractivity contribution in [1.82, 2.24) is 5.32 Å². The zero-order valence-corrected chi connectivity index (χ0v) is 21.6. The number of hydrogen-bond donors (Lipinski definition) is 3. The van der Waals surface area contributed by atoms with Crippen molar-refractivity contribution in [2.75, 3.05) is 16.4 Å². The van der Waals surface area contributed by atoms with Crippen LogP contribution in [0.2, 0.25) is 0 Å². The van der Waals surface area contributed by atoms with Crippen LogP contribution in [0.4, 0.5) is 11.4 Å². The minimum absolute atomic E-state index is 0.116. The monoisotopic (exact) mass is 521 g/mol. The summed E-state index contributed by atoms with van der Waals surface area (Å²) in [7, 11) is 0. The molecular formula is C31H27N3O3S. The molecule has 190 valence electrons. The highest BCUT2D eigenvalue weighted by atomic mass is 32.2. The first-order valence-electron chi connectivity index (χ1n) is 12.0. The molecule has 0 aromatic heterocycles. The molecule has 0 atom stereocenters. The summed E-state index contributed by atoms with van der Waals surface area (Å²) in [6.07, 6.45) is 1.65. The number of amides is 3. The van der Waals surface area contributed by atoms with E-state index in [2.05, 4.69) is 16.0 Å². The van der Waals surface area contributed by atoms with Gasteiger partial charge in [-0.2, -0.15) is 0 Å². The Hall–Kier alpha value is -4.62. The molecule has 0 fully saturated rings. The Morgan fingerprint density at radius 1 is 0.737 bits per heavy atom. The molecule has 0 saturated carbocycles. The van der Waals surface area contributed by atoms with Crippen LogP contribution in [0.15, 0.2) is 120 Å². The lowest BCUT2D eigenvalue weighted by Crippen LogP contribution is -2.30. The molecule has 0 aliphatic carbocycles. The van der Waals surface area contributed by atoms with E-state index < -0.39 is 5.91 Å². The molecule has 4 aromatic rings. The van der Waals surface area contributed by atoms with Gasteiger partial charge in [0.2, 0.25) is 5.91 Å². The molecule has 3 N–H and O–H groups in total. The van der Waals surface area contributed by atoms with E-state index in [1.165, 1.54) is 11.8 Å². The van der Waals surface area contributed by atoms with Gasteiger partial charge in [0.25, 0.3) is 11.8 Å². The summed E-state index contributed by atoms with van der Waals surface area (Å²) < 4.78 is 0. The maximum absolute atomic E-state index is 13.3. The summed E-state index contributed by atoms with van der Waals surface area (Å²) in [5, 5.41) is 8.47. The van der Waals surface area contributed by atoms with Crippen LogP contribution in [0.1, 0.15) is 21.5 Å². The summed E-state index contributed by atoms with van der Waals surface area (Å²) in [4.78, 5) is 39.2. The van der Waals surface area contributed by atoms with Gasteiger partial charge in [0, 0.05) is 21.8 Å². The highest BCUT2D eigenvalue weighted by Gasteiger charge is 2.15. The number of anilines is 2. The predicted octanol–water partition coefficient (Wildman–Crippen LogP) is 6.14. The number of aryl methyl sites for hydroxylation is 1. The minimum atomic E-state index is -0.459. The molecule has 0 saturated heterocycles. The third-order valence-corrected chi connectivity index (χ3v) is 6.40. The fraction of sp³-hybridized carbons (Fsp3) is 0.0645. The van der Waals surface area contributed by atoms with Crippen LogP contribution in [-0.4, -0.2) is 23.5 Å². The smallest absolute Gasteiger partial charge is 0.272 e. The van der Waals surface area contributed by atoms with Crippen LogP contribution < -0.4 is 16.0 Å². The van der Waals surface area contributed by atoms with Gasteiger partial charge in [0.05, 0.1) is 5.75 Å². The molecule has 0 unspecified atom stereocenters. The second kappa shape index (κ2) is 13.1. The van der Waals surface area contributed by atoms with Crippen molar-refractivity contribution in [2.24, 2.45) is 0 Å². The molecule has 4 aromatic carbocycles. The van der Waals surface area contributed by atoms with Crippen LogP contribution >= 0.6 is 11.8 Å². The lowest BCUT2D eigenvalue weighted by atomic mass is 10.1. The van der Waals surface area contributed by atoms with Gasteiger partial charge < -0.3 is 16.0 Å². The predicted molar refractivity (Wildman–Crippen MR) is 154 cm³/mol. The molecule has 0 heterocycles. The molecular weight excluding hydrogens is 494 g/mol. The Labute approximate surface area is 226 Å². The van der Waals surface area contributed by atoms with Gasteiger partial charge in [0.1, 0.15) is 5.70 Å². The van der Waals surface area contributed by atoms with Crippen LogP contribution in [-0.2, 0) is 9.59 Å². The number of carbonyl (C=O) groups is 3. The van der Waals surface area contributed by atoms with E-state index in [-0.39, 0.29) is 23.3 Å². The maximum Gasteiger partial charge on any atom is 0.272 e. The molecule has 7 heteroatoms. The van der Waals surface area contributed by atoms with Gasteiger partial charge in [0.15, 0.2) is 0 Å². The van der Waals surface area contributed by atoms with Crippen molar-refractivity contribution in [3.63, 3.8) is 0 Å². The zero-order chi connectivity index (χ0) is 26.7. The molecule has 4 rings (SSSR count). The minimum Gasteiger partial charge on any atom is -0.325 e. The first-order valence-corrected chi connectivity index (χ1v) is 13.0. The molecule has 3 amide bonds. The normalized spacial score (nSPS) is 10.9. The van der Waals surface area contributed by atoms with E-state index in [4.69, 9.17) is 0 Å². The summed E-state index contributed by atoms with van der Waals surface area (Å²) >= 11 is 1.36. The lowest BCUT2D eigenvalue weighted by Gasteiger charge is -2.12. The van der Waals surface area contributed by atoms with Crippen molar-refractivity contribution in [3.05, 3.63) is 132 Å². The van der Waals surface area contributed by atoms with E-state index in [1.807, 2.05) is 73.7 Å². The van der Waals surface area contributed by atoms with Gasteiger partial charge in [-0.05, 0) is 61.0 Å². The summed E-state index contributed by atoms with van der Waals surface area (Å²) in [5.74, 6) is -0.742. The van der Waals surface area contributed by atoms with E-state index in [1.54, 1.807) is 48.5 Å². The van der Waals surface area contributed by atoms with Gasteiger partial charge in [-0.3, -0.25) is 14.4 Å². The number of carbonyl (C=O) groups excluding carboxylic acids is 3. The fourth-order valence-corrected chi connectivity index (χ4v) is 4.35. The number of thioether (sulfide) groups is 1. The summed E-state index contributed by atoms with van der Waals surface area (Å²) in [6, 6.07) is 32.9. The van der Waals surface area contributed by atoms with Crippen molar-refractivity contribution in [2.45, 2.75) is 11.8 Å². The third kappa shape index (κ3) is 7.94. The Morgan fingerprint density at radius 2 is 1.42 bits per heavy atom. The number of hydrogen-bond acceptors (Lipinski definition) is 4. The summed E-state index contributed by atoms with van der Waals surface area (Å²) in [6.45, 7) is 1.96. The van der Waals surface area contributed by atoms with Crippen molar-refractivity contribution < 1.29 is 14.4 Å². The van der Waals surface area contributed by atoms with Crippen LogP contribution in [0.25, 0.3) is 6.08 Å². The number of nitrogens with one attached hydrogen (secondary N) is 3. The fourth-order valence-electron chi connectivity index (χ4n) is 3.60. The SMILES string of the molecule is Cc1cccc(/C=C(/NC(=O)c2ccccc2)C(=O)Nc2cccc(SCC(=O)Nc3ccccc3)c2)c1. The Kier molecular flexibility index (Phi) is 9.10. The van der Waals surface area contributed by atoms with Gasteiger partial charge in [-0.25, -0.2) is 0 Å². The van der Waals surface area contributed by atoms with Gasteiger partial charge in [-0.1, -0.05) is 72.3 Å². The standard InChI is InChI=1S/C31H27N3O3S/c1-22-10-8-11-23(18-22)19-28(34-30(36)24-12-4-2-5-13-24)31(37)33-26-16-9-17-27(20-26)38-21-29(35)32-25-14-6-3-7-15-25/h2-20H,21H2,1H3,(H,32,35)(H,33,37)(H,34,36)/b28-19+. The molecule has 0 spiro atoms. The molecule has 0 aliphatic rings. The van der Waals surface area contributed by atoms with E-state index in [0.717, 1.165) is 21.7 Å². The van der Waals surface area contributed by atoms with Crippen molar-refractivity contribution in [3.8, 4) is 0 Å². The summed E-state index contributed by atoms with van der Waals surface area (Å²) in [5.41, 5.74) is 3.68. The van der Waals surface area contributed by atoms with E-state index in [0.29, 0.717) is 11.3 Å². The van der Waals surface area contributed by atoms with E-state index in [9.17, 15) is 14.4 Å². The Morgan fingerprint density at radius 3 is 2.16 bits per heavy atom. The number of para-hydroxylation sites is 1.